The fourth-order valence-electron chi connectivity index (χ4n) is 3.80. The Balaban J connectivity index is 1.61. The first-order chi connectivity index (χ1) is 17.8. The Hall–Kier alpha value is -3.57. The summed E-state index contributed by atoms with van der Waals surface area (Å²) in [6, 6.07) is 16.4. The summed E-state index contributed by atoms with van der Waals surface area (Å²) in [5, 5.41) is 2.72. The largest absolute Gasteiger partial charge is 0.495 e. The Kier molecular flexibility index (Phi) is 9.05. The van der Waals surface area contributed by atoms with Crippen LogP contribution in [-0.4, -0.2) is 42.7 Å². The van der Waals surface area contributed by atoms with E-state index in [2.05, 4.69) is 10.0 Å². The molecule has 3 rings (SSSR count). The van der Waals surface area contributed by atoms with E-state index in [1.54, 1.807) is 18.2 Å². The molecule has 9 nitrogen and oxygen atoms in total. The highest BCUT2D eigenvalue weighted by Gasteiger charge is 2.19. The number of ether oxygens (including phenoxy) is 1. The van der Waals surface area contributed by atoms with Crippen molar-refractivity contribution in [1.29, 1.82) is 0 Å². The van der Waals surface area contributed by atoms with Crippen LogP contribution in [0.3, 0.4) is 0 Å². The van der Waals surface area contributed by atoms with Crippen LogP contribution in [-0.2, 0) is 24.8 Å². The third-order valence-corrected chi connectivity index (χ3v) is 8.57. The maximum Gasteiger partial charge on any atom is 0.262 e. The molecule has 0 bridgehead atoms. The number of anilines is 3. The van der Waals surface area contributed by atoms with Crippen molar-refractivity contribution in [3.63, 3.8) is 0 Å². The third-order valence-electron chi connectivity index (χ3n) is 5.99. The number of carbonyl (C=O) groups is 1. The maximum atomic E-state index is 12.8. The fraction of sp³-hybridized carbons (Fsp3) is 0.296. The lowest BCUT2D eigenvalue weighted by Crippen LogP contribution is -2.31. The summed E-state index contributed by atoms with van der Waals surface area (Å²) in [7, 11) is -5.94. The Bertz CT molecular complexity index is 1520. The number of nitrogens with zero attached hydrogens (tertiary/aromatic N) is 1. The second kappa shape index (κ2) is 11.9. The molecule has 0 aliphatic heterocycles. The van der Waals surface area contributed by atoms with Gasteiger partial charge >= 0.3 is 0 Å². The Morgan fingerprint density at radius 1 is 0.895 bits per heavy atom. The second-order valence-electron chi connectivity index (χ2n) is 9.09. The Labute approximate surface area is 224 Å². The van der Waals surface area contributed by atoms with E-state index in [4.69, 9.17) is 4.74 Å². The highest BCUT2D eigenvalue weighted by molar-refractivity contribution is 7.92. The minimum atomic E-state index is -3.88. The summed E-state index contributed by atoms with van der Waals surface area (Å²) in [5.41, 5.74) is 4.23. The van der Waals surface area contributed by atoms with Crippen molar-refractivity contribution in [1.82, 2.24) is 0 Å². The number of rotatable bonds is 11. The zero-order chi connectivity index (χ0) is 28.1. The summed E-state index contributed by atoms with van der Waals surface area (Å²) < 4.78 is 59.4. The van der Waals surface area contributed by atoms with Crippen LogP contribution in [0.5, 0.6) is 5.75 Å². The average molecular weight is 560 g/mol. The number of carbonyl (C=O) groups excluding carboxylic acids is 1. The van der Waals surface area contributed by atoms with Gasteiger partial charge in [0.15, 0.2) is 0 Å². The van der Waals surface area contributed by atoms with Crippen LogP contribution in [0.25, 0.3) is 0 Å². The van der Waals surface area contributed by atoms with Gasteiger partial charge in [-0.05, 0) is 92.4 Å². The van der Waals surface area contributed by atoms with Gasteiger partial charge in [0.25, 0.3) is 10.0 Å². The molecule has 0 unspecified atom stereocenters. The number of amides is 1. The molecule has 11 heteroatoms. The first-order valence-corrected chi connectivity index (χ1v) is 15.3. The van der Waals surface area contributed by atoms with Gasteiger partial charge in [0.1, 0.15) is 5.75 Å². The standard InChI is InChI=1S/C27H33N3O6S2/c1-19-8-15-26(36-4)25(17-19)29-38(34,35)24-13-10-22(11-14-24)28-27(31)7-6-16-30(37(5,32)33)23-12-9-20(2)21(3)18-23/h8-15,17-18,29H,6-7,16H2,1-5H3,(H,28,31). The molecule has 0 aliphatic carbocycles. The van der Waals surface area contributed by atoms with Crippen LogP contribution in [0.4, 0.5) is 17.1 Å². The summed E-state index contributed by atoms with van der Waals surface area (Å²) in [6.07, 6.45) is 1.54. The van der Waals surface area contributed by atoms with Gasteiger partial charge in [0.05, 0.1) is 29.6 Å². The Morgan fingerprint density at radius 3 is 2.18 bits per heavy atom. The van der Waals surface area contributed by atoms with E-state index in [-0.39, 0.29) is 23.8 Å². The molecule has 0 aromatic heterocycles. The molecule has 0 atom stereocenters. The number of nitrogens with one attached hydrogen (secondary N) is 2. The van der Waals surface area contributed by atoms with Crippen molar-refractivity contribution in [3.8, 4) is 5.75 Å². The molecule has 0 heterocycles. The van der Waals surface area contributed by atoms with Gasteiger partial charge in [-0.3, -0.25) is 13.8 Å². The lowest BCUT2D eigenvalue weighted by Gasteiger charge is -2.23. The topological polar surface area (TPSA) is 122 Å². The molecule has 0 saturated heterocycles. The molecule has 3 aromatic carbocycles. The number of sulfonamides is 2. The highest BCUT2D eigenvalue weighted by atomic mass is 32.2. The SMILES string of the molecule is COc1ccc(C)cc1NS(=O)(=O)c1ccc(NC(=O)CCCN(c2ccc(C)c(C)c2)S(C)(=O)=O)cc1. The second-order valence-corrected chi connectivity index (χ2v) is 12.7. The maximum absolute atomic E-state index is 12.8. The lowest BCUT2D eigenvalue weighted by atomic mass is 10.1. The summed E-state index contributed by atoms with van der Waals surface area (Å²) in [4.78, 5) is 12.5. The van der Waals surface area contributed by atoms with E-state index >= 15 is 0 Å². The number of hydrogen-bond donors (Lipinski definition) is 2. The minimum Gasteiger partial charge on any atom is -0.495 e. The van der Waals surface area contributed by atoms with E-state index in [0.717, 1.165) is 22.9 Å². The summed E-state index contributed by atoms with van der Waals surface area (Å²) in [5.74, 6) is 0.0896. The number of aryl methyl sites for hydroxylation is 3. The first kappa shape index (κ1) is 29.0. The van der Waals surface area contributed by atoms with Crippen molar-refractivity contribution < 1.29 is 26.4 Å². The van der Waals surface area contributed by atoms with Gasteiger partial charge in [0, 0.05) is 18.7 Å². The molecule has 1 amide bonds. The van der Waals surface area contributed by atoms with Crippen molar-refractivity contribution in [2.45, 2.75) is 38.5 Å². The molecular weight excluding hydrogens is 526 g/mol. The minimum absolute atomic E-state index is 0.0243. The van der Waals surface area contributed by atoms with Gasteiger partial charge in [-0.2, -0.15) is 0 Å². The zero-order valence-electron chi connectivity index (χ0n) is 22.1. The van der Waals surface area contributed by atoms with Gasteiger partial charge in [-0.1, -0.05) is 12.1 Å². The quantitative estimate of drug-likeness (QED) is 0.354. The Morgan fingerprint density at radius 2 is 1.58 bits per heavy atom. The molecule has 0 spiro atoms. The molecule has 38 heavy (non-hydrogen) atoms. The van der Waals surface area contributed by atoms with Gasteiger partial charge in [-0.15, -0.1) is 0 Å². The highest BCUT2D eigenvalue weighted by Crippen LogP contribution is 2.28. The van der Waals surface area contributed by atoms with Crippen LogP contribution < -0.4 is 19.1 Å². The zero-order valence-corrected chi connectivity index (χ0v) is 23.7. The monoisotopic (exact) mass is 559 g/mol. The van der Waals surface area contributed by atoms with Crippen LogP contribution in [0, 0.1) is 20.8 Å². The van der Waals surface area contributed by atoms with Crippen LogP contribution in [0.1, 0.15) is 29.5 Å². The van der Waals surface area contributed by atoms with E-state index in [0.29, 0.717) is 29.2 Å². The van der Waals surface area contributed by atoms with Crippen LogP contribution in [0.15, 0.2) is 65.6 Å². The lowest BCUT2D eigenvalue weighted by molar-refractivity contribution is -0.116. The third kappa shape index (κ3) is 7.48. The van der Waals surface area contributed by atoms with Gasteiger partial charge < -0.3 is 10.1 Å². The normalized spacial score (nSPS) is 11.6. The van der Waals surface area contributed by atoms with E-state index in [1.165, 1.54) is 35.7 Å². The molecule has 0 fully saturated rings. The molecular formula is C27H33N3O6S2. The van der Waals surface area contributed by atoms with Crippen molar-refractivity contribution >= 4 is 43.0 Å². The van der Waals surface area contributed by atoms with Crippen LogP contribution in [0.2, 0.25) is 0 Å². The summed E-state index contributed by atoms with van der Waals surface area (Å²) in [6.45, 7) is 5.86. The smallest absolute Gasteiger partial charge is 0.262 e. The molecule has 0 radical (unpaired) electrons. The first-order valence-electron chi connectivity index (χ1n) is 11.9. The van der Waals surface area contributed by atoms with Crippen molar-refractivity contribution in [2.24, 2.45) is 0 Å². The molecule has 204 valence electrons. The molecule has 3 aromatic rings. The molecule has 2 N–H and O–H groups in total. The number of hydrogen-bond acceptors (Lipinski definition) is 6. The van der Waals surface area contributed by atoms with Crippen molar-refractivity contribution in [2.75, 3.05) is 34.3 Å². The van der Waals surface area contributed by atoms with Crippen molar-refractivity contribution in [3.05, 3.63) is 77.4 Å². The fourth-order valence-corrected chi connectivity index (χ4v) is 5.82. The molecule has 0 saturated carbocycles. The van der Waals surface area contributed by atoms with Gasteiger partial charge in [-0.25, -0.2) is 16.8 Å². The van der Waals surface area contributed by atoms with E-state index in [1.807, 2.05) is 39.0 Å². The molecule has 0 aliphatic rings. The van der Waals surface area contributed by atoms with Crippen LogP contribution >= 0.6 is 0 Å². The van der Waals surface area contributed by atoms with Gasteiger partial charge in [0.2, 0.25) is 15.9 Å². The predicted molar refractivity (Wildman–Crippen MR) is 151 cm³/mol. The number of methoxy groups -OCH3 is 1. The summed E-state index contributed by atoms with van der Waals surface area (Å²) >= 11 is 0. The average Bonchev–Trinajstić information content (AvgIpc) is 2.83. The predicted octanol–water partition coefficient (Wildman–Crippen LogP) is 4.61. The number of benzene rings is 3. The van der Waals surface area contributed by atoms with E-state index in [9.17, 15) is 21.6 Å². The van der Waals surface area contributed by atoms with E-state index < -0.39 is 20.0 Å².